The smallest absolute Gasteiger partial charge is 0.291 e. The minimum atomic E-state index is -0.338. The van der Waals surface area contributed by atoms with Crippen molar-refractivity contribution >= 4 is 17.5 Å². The lowest BCUT2D eigenvalue weighted by atomic mass is 9.97. The number of carbonyl (C=O) groups excluding carboxylic acids is 2. The van der Waals surface area contributed by atoms with E-state index in [2.05, 4.69) is 16.7 Å². The van der Waals surface area contributed by atoms with Crippen molar-refractivity contribution in [2.75, 3.05) is 18.5 Å². The molecule has 1 aliphatic rings. The monoisotopic (exact) mass is 376 g/mol. The summed E-state index contributed by atoms with van der Waals surface area (Å²) in [6.45, 7) is 1.06. The number of benzene rings is 2. The molecular formula is C22H20N2O4. The Kier molecular flexibility index (Phi) is 5.21. The summed E-state index contributed by atoms with van der Waals surface area (Å²) in [4.78, 5) is 24.4. The quantitative estimate of drug-likeness (QED) is 0.713. The number of nitrogens with one attached hydrogen (secondary N) is 2. The molecular weight excluding hydrogens is 356 g/mol. The van der Waals surface area contributed by atoms with Gasteiger partial charge in [0.25, 0.3) is 11.8 Å². The van der Waals surface area contributed by atoms with Crippen molar-refractivity contribution in [1.29, 1.82) is 0 Å². The van der Waals surface area contributed by atoms with Crippen molar-refractivity contribution < 1.29 is 18.7 Å². The van der Waals surface area contributed by atoms with E-state index in [-0.39, 0.29) is 23.7 Å². The summed E-state index contributed by atoms with van der Waals surface area (Å²) in [6.07, 6.45) is 2.20. The fourth-order valence-corrected chi connectivity index (χ4v) is 3.24. The number of rotatable bonds is 5. The maximum Gasteiger partial charge on any atom is 0.291 e. The summed E-state index contributed by atoms with van der Waals surface area (Å²) in [5.74, 6) is -0.291. The lowest BCUT2D eigenvalue weighted by molar-refractivity contribution is 0.0411. The molecule has 1 aliphatic heterocycles. The van der Waals surface area contributed by atoms with Gasteiger partial charge < -0.3 is 19.8 Å². The molecule has 1 atom stereocenters. The Hall–Kier alpha value is -3.38. The average molecular weight is 376 g/mol. The number of fused-ring (bicyclic) bond motifs is 1. The van der Waals surface area contributed by atoms with Gasteiger partial charge in [0.15, 0.2) is 5.76 Å². The highest BCUT2D eigenvalue weighted by atomic mass is 16.5. The van der Waals surface area contributed by atoms with Gasteiger partial charge in [-0.05, 0) is 53.9 Å². The fraction of sp³-hybridized carbons (Fsp3) is 0.182. The van der Waals surface area contributed by atoms with Crippen LogP contribution in [0, 0.1) is 0 Å². The van der Waals surface area contributed by atoms with Crippen LogP contribution in [0.25, 0.3) is 0 Å². The van der Waals surface area contributed by atoms with Crippen molar-refractivity contribution in [3.05, 3.63) is 89.4 Å². The molecule has 4 rings (SSSR count). The van der Waals surface area contributed by atoms with Crippen molar-refractivity contribution in [3.63, 3.8) is 0 Å². The second-order valence-electron chi connectivity index (χ2n) is 6.53. The van der Waals surface area contributed by atoms with Gasteiger partial charge in [0.2, 0.25) is 0 Å². The largest absolute Gasteiger partial charge is 0.459 e. The SMILES string of the molecule is O=C(NC[C@@H]1OCCc2ccccc21)c1ccc(NC(=O)c2ccco2)cc1. The molecule has 28 heavy (non-hydrogen) atoms. The van der Waals surface area contributed by atoms with Crippen LogP contribution in [0.15, 0.2) is 71.3 Å². The zero-order chi connectivity index (χ0) is 19.3. The zero-order valence-electron chi connectivity index (χ0n) is 15.2. The molecule has 0 unspecified atom stereocenters. The van der Waals surface area contributed by atoms with Crippen LogP contribution >= 0.6 is 0 Å². The Morgan fingerprint density at radius 3 is 2.57 bits per heavy atom. The van der Waals surface area contributed by atoms with Gasteiger partial charge in [0.05, 0.1) is 12.9 Å². The Morgan fingerprint density at radius 2 is 1.79 bits per heavy atom. The molecule has 0 saturated heterocycles. The second kappa shape index (κ2) is 8.10. The lowest BCUT2D eigenvalue weighted by Crippen LogP contribution is -2.31. The van der Waals surface area contributed by atoms with E-state index >= 15 is 0 Å². The molecule has 2 aromatic carbocycles. The molecule has 2 amide bonds. The highest BCUT2D eigenvalue weighted by Gasteiger charge is 2.21. The number of anilines is 1. The van der Waals surface area contributed by atoms with E-state index in [1.54, 1.807) is 36.4 Å². The number of hydrogen-bond donors (Lipinski definition) is 2. The fourth-order valence-electron chi connectivity index (χ4n) is 3.24. The van der Waals surface area contributed by atoms with Gasteiger partial charge in [-0.2, -0.15) is 0 Å². The lowest BCUT2D eigenvalue weighted by Gasteiger charge is -2.26. The van der Waals surface area contributed by atoms with Crippen LogP contribution in [0.2, 0.25) is 0 Å². The van der Waals surface area contributed by atoms with Crippen LogP contribution in [-0.4, -0.2) is 25.0 Å². The molecule has 0 radical (unpaired) electrons. The molecule has 142 valence electrons. The average Bonchev–Trinajstić information content (AvgIpc) is 3.27. The van der Waals surface area contributed by atoms with Crippen molar-refractivity contribution in [2.45, 2.75) is 12.5 Å². The van der Waals surface area contributed by atoms with E-state index in [9.17, 15) is 9.59 Å². The van der Waals surface area contributed by atoms with Crippen LogP contribution in [0.4, 0.5) is 5.69 Å². The van der Waals surface area contributed by atoms with E-state index in [0.717, 1.165) is 12.0 Å². The van der Waals surface area contributed by atoms with Gasteiger partial charge in [0.1, 0.15) is 6.10 Å². The van der Waals surface area contributed by atoms with Gasteiger partial charge in [-0.3, -0.25) is 9.59 Å². The molecule has 0 saturated carbocycles. The molecule has 1 aromatic heterocycles. The van der Waals surface area contributed by atoms with Crippen molar-refractivity contribution in [2.24, 2.45) is 0 Å². The molecule has 2 heterocycles. The second-order valence-corrected chi connectivity index (χ2v) is 6.53. The van der Waals surface area contributed by atoms with Gasteiger partial charge in [-0.25, -0.2) is 0 Å². The third-order valence-electron chi connectivity index (χ3n) is 4.69. The Bertz CT molecular complexity index is 964. The Morgan fingerprint density at radius 1 is 0.964 bits per heavy atom. The molecule has 0 fully saturated rings. The molecule has 3 aromatic rings. The maximum absolute atomic E-state index is 12.5. The predicted octanol–water partition coefficient (Wildman–Crippen LogP) is 3.58. The first kappa shape index (κ1) is 18.0. The number of hydrogen-bond acceptors (Lipinski definition) is 4. The van der Waals surface area contributed by atoms with Crippen LogP contribution in [0.5, 0.6) is 0 Å². The predicted molar refractivity (Wildman–Crippen MR) is 104 cm³/mol. The number of ether oxygens (including phenoxy) is 1. The molecule has 6 nitrogen and oxygen atoms in total. The minimum absolute atomic E-state index is 0.138. The van der Waals surface area contributed by atoms with Gasteiger partial charge >= 0.3 is 0 Å². The summed E-state index contributed by atoms with van der Waals surface area (Å²) >= 11 is 0. The summed E-state index contributed by atoms with van der Waals surface area (Å²) in [6, 6.07) is 18.1. The number of amides is 2. The van der Waals surface area contributed by atoms with E-state index in [1.807, 2.05) is 18.2 Å². The van der Waals surface area contributed by atoms with E-state index < -0.39 is 0 Å². The summed E-state index contributed by atoms with van der Waals surface area (Å²) < 4.78 is 10.9. The van der Waals surface area contributed by atoms with E-state index in [0.29, 0.717) is 24.4 Å². The standard InChI is InChI=1S/C22H20N2O4/c25-21(23-14-20-18-5-2-1-4-15(18)11-13-28-20)16-7-9-17(10-8-16)24-22(26)19-6-3-12-27-19/h1-10,12,20H,11,13-14H2,(H,23,25)(H,24,26)/t20-/m0/s1. The van der Waals surface area contributed by atoms with Crippen LogP contribution in [0.1, 0.15) is 38.1 Å². The third kappa shape index (κ3) is 3.97. The van der Waals surface area contributed by atoms with Crippen LogP contribution in [-0.2, 0) is 11.2 Å². The van der Waals surface area contributed by atoms with E-state index in [1.165, 1.54) is 11.8 Å². The highest BCUT2D eigenvalue weighted by molar-refractivity contribution is 6.02. The highest BCUT2D eigenvalue weighted by Crippen LogP contribution is 2.26. The number of carbonyl (C=O) groups is 2. The van der Waals surface area contributed by atoms with Crippen LogP contribution < -0.4 is 10.6 Å². The van der Waals surface area contributed by atoms with Crippen molar-refractivity contribution in [1.82, 2.24) is 5.32 Å². The first-order valence-electron chi connectivity index (χ1n) is 9.13. The van der Waals surface area contributed by atoms with E-state index in [4.69, 9.17) is 9.15 Å². The topological polar surface area (TPSA) is 80.6 Å². The summed E-state index contributed by atoms with van der Waals surface area (Å²) in [5.41, 5.74) is 3.50. The molecule has 2 N–H and O–H groups in total. The normalized spacial score (nSPS) is 15.5. The molecule has 0 aliphatic carbocycles. The maximum atomic E-state index is 12.5. The van der Waals surface area contributed by atoms with Crippen LogP contribution in [0.3, 0.4) is 0 Å². The molecule has 0 spiro atoms. The zero-order valence-corrected chi connectivity index (χ0v) is 15.2. The summed E-state index contributed by atoms with van der Waals surface area (Å²) in [5, 5.41) is 5.65. The minimum Gasteiger partial charge on any atom is -0.459 e. The molecule has 0 bridgehead atoms. The van der Waals surface area contributed by atoms with Gasteiger partial charge in [-0.15, -0.1) is 0 Å². The first-order valence-corrected chi connectivity index (χ1v) is 9.13. The van der Waals surface area contributed by atoms with Crippen molar-refractivity contribution in [3.8, 4) is 0 Å². The molecule has 6 heteroatoms. The van der Waals surface area contributed by atoms with Gasteiger partial charge in [0, 0.05) is 17.8 Å². The third-order valence-corrected chi connectivity index (χ3v) is 4.69. The van der Waals surface area contributed by atoms with Gasteiger partial charge in [-0.1, -0.05) is 24.3 Å². The summed E-state index contributed by atoms with van der Waals surface area (Å²) in [7, 11) is 0. The number of furan rings is 1. The first-order chi connectivity index (χ1) is 13.7. The Balaban J connectivity index is 1.35. The Labute approximate surface area is 162 Å².